The van der Waals surface area contributed by atoms with Crippen molar-refractivity contribution >= 4 is 11.6 Å². The monoisotopic (exact) mass is 382 g/mol. The molecule has 0 spiro atoms. The van der Waals surface area contributed by atoms with Gasteiger partial charge in [-0.15, -0.1) is 24.6 Å². The van der Waals surface area contributed by atoms with Gasteiger partial charge >= 0.3 is 0 Å². The van der Waals surface area contributed by atoms with Crippen LogP contribution in [0.15, 0.2) is 36.9 Å². The van der Waals surface area contributed by atoms with Crippen molar-refractivity contribution in [2.24, 2.45) is 11.8 Å². The number of benzene rings is 1. The van der Waals surface area contributed by atoms with E-state index in [1.54, 1.807) is 0 Å². The van der Waals surface area contributed by atoms with Crippen molar-refractivity contribution in [3.63, 3.8) is 0 Å². The van der Waals surface area contributed by atoms with Crippen molar-refractivity contribution in [2.45, 2.75) is 87.8 Å². The second-order valence-electron chi connectivity index (χ2n) is 8.89. The highest BCUT2D eigenvalue weighted by molar-refractivity contribution is 6.20. The normalized spacial score (nSPS) is 31.2. The largest absolute Gasteiger partial charge is 0.123 e. The standard InChI is InChI=1S/C26H35Cl/c1-3-5-6-21-7-9-22(10-8-21)11-12-23-13-15-24(16-14-23)26(4-2)19-17-25(27)18-20-26/h2-3,13-16,21-22,25H,1,5-12,17-20H2. The Labute approximate surface area is 171 Å². The summed E-state index contributed by atoms with van der Waals surface area (Å²) in [7, 11) is 0. The summed E-state index contributed by atoms with van der Waals surface area (Å²) in [5, 5.41) is 0.303. The van der Waals surface area contributed by atoms with E-state index in [1.165, 1.54) is 62.5 Å². The molecule has 146 valence electrons. The van der Waals surface area contributed by atoms with Gasteiger partial charge in [-0.1, -0.05) is 61.9 Å². The first-order chi connectivity index (χ1) is 13.1. The van der Waals surface area contributed by atoms with Crippen LogP contribution in [-0.4, -0.2) is 5.38 Å². The Kier molecular flexibility index (Phi) is 7.49. The summed E-state index contributed by atoms with van der Waals surface area (Å²) in [6, 6.07) is 9.21. The third-order valence-corrected chi connectivity index (χ3v) is 7.57. The number of alkyl halides is 1. The van der Waals surface area contributed by atoms with Gasteiger partial charge in [0.2, 0.25) is 0 Å². The average molecular weight is 383 g/mol. The van der Waals surface area contributed by atoms with E-state index in [0.29, 0.717) is 5.38 Å². The molecule has 1 aromatic carbocycles. The van der Waals surface area contributed by atoms with E-state index >= 15 is 0 Å². The highest BCUT2D eigenvalue weighted by atomic mass is 35.5. The lowest BCUT2D eigenvalue weighted by molar-refractivity contribution is 0.254. The van der Waals surface area contributed by atoms with Gasteiger partial charge in [0.05, 0.1) is 5.41 Å². The van der Waals surface area contributed by atoms with Gasteiger partial charge in [-0.05, 0) is 74.3 Å². The lowest BCUT2D eigenvalue weighted by Gasteiger charge is -2.35. The van der Waals surface area contributed by atoms with Crippen molar-refractivity contribution in [3.05, 3.63) is 48.0 Å². The highest BCUT2D eigenvalue weighted by Gasteiger charge is 2.34. The minimum absolute atomic E-state index is 0.0895. The van der Waals surface area contributed by atoms with Crippen LogP contribution in [0.2, 0.25) is 0 Å². The fraction of sp³-hybridized carbons (Fsp3) is 0.615. The van der Waals surface area contributed by atoms with Gasteiger partial charge in [0.1, 0.15) is 0 Å². The predicted molar refractivity (Wildman–Crippen MR) is 118 cm³/mol. The summed E-state index contributed by atoms with van der Waals surface area (Å²) < 4.78 is 0. The lowest BCUT2D eigenvalue weighted by atomic mass is 9.70. The van der Waals surface area contributed by atoms with E-state index in [0.717, 1.165) is 37.5 Å². The van der Waals surface area contributed by atoms with E-state index in [-0.39, 0.29) is 5.41 Å². The Hall–Kier alpha value is -1.19. The van der Waals surface area contributed by atoms with Gasteiger partial charge < -0.3 is 0 Å². The molecular weight excluding hydrogens is 348 g/mol. The van der Waals surface area contributed by atoms with Crippen molar-refractivity contribution in [1.82, 2.24) is 0 Å². The number of hydrogen-bond donors (Lipinski definition) is 0. The molecule has 2 fully saturated rings. The zero-order valence-corrected chi connectivity index (χ0v) is 17.5. The zero-order chi connectivity index (χ0) is 19.1. The molecule has 0 saturated heterocycles. The molecule has 0 aromatic heterocycles. The van der Waals surface area contributed by atoms with Gasteiger partial charge in [0.15, 0.2) is 0 Å². The number of aryl methyl sites for hydroxylation is 1. The van der Waals surface area contributed by atoms with E-state index < -0.39 is 0 Å². The Morgan fingerprint density at radius 2 is 1.59 bits per heavy atom. The number of rotatable bonds is 7. The third kappa shape index (κ3) is 5.42. The summed E-state index contributed by atoms with van der Waals surface area (Å²) >= 11 is 6.29. The van der Waals surface area contributed by atoms with Crippen molar-refractivity contribution in [3.8, 4) is 12.3 Å². The molecular formula is C26H35Cl. The van der Waals surface area contributed by atoms with Crippen molar-refractivity contribution < 1.29 is 0 Å². The molecule has 27 heavy (non-hydrogen) atoms. The molecule has 0 atom stereocenters. The van der Waals surface area contributed by atoms with Crippen molar-refractivity contribution in [2.75, 3.05) is 0 Å². The van der Waals surface area contributed by atoms with Crippen LogP contribution < -0.4 is 0 Å². The van der Waals surface area contributed by atoms with Crippen molar-refractivity contribution in [1.29, 1.82) is 0 Å². The van der Waals surface area contributed by atoms with Crippen LogP contribution in [0.3, 0.4) is 0 Å². The maximum absolute atomic E-state index is 6.29. The first-order valence-corrected chi connectivity index (χ1v) is 11.4. The van der Waals surface area contributed by atoms with Crippen LogP contribution >= 0.6 is 11.6 Å². The van der Waals surface area contributed by atoms with E-state index in [2.05, 4.69) is 42.8 Å². The molecule has 3 rings (SSSR count). The fourth-order valence-electron chi connectivity index (χ4n) is 5.12. The van der Waals surface area contributed by atoms with Gasteiger partial charge in [-0.2, -0.15) is 0 Å². The van der Waals surface area contributed by atoms with Gasteiger partial charge in [-0.3, -0.25) is 0 Å². The summed E-state index contributed by atoms with van der Waals surface area (Å²) in [4.78, 5) is 0. The lowest BCUT2D eigenvalue weighted by Crippen LogP contribution is -2.30. The molecule has 2 aliphatic carbocycles. The maximum atomic E-state index is 6.29. The van der Waals surface area contributed by atoms with Gasteiger partial charge in [0, 0.05) is 5.38 Å². The molecule has 0 radical (unpaired) electrons. The second kappa shape index (κ2) is 9.84. The Balaban J connectivity index is 1.48. The second-order valence-corrected chi connectivity index (χ2v) is 9.51. The number of hydrogen-bond acceptors (Lipinski definition) is 0. The van der Waals surface area contributed by atoms with Crippen LogP contribution in [0.25, 0.3) is 0 Å². The molecule has 0 aliphatic heterocycles. The van der Waals surface area contributed by atoms with Crippen LogP contribution in [0.1, 0.15) is 81.8 Å². The molecule has 2 aliphatic rings. The van der Waals surface area contributed by atoms with E-state index in [4.69, 9.17) is 18.0 Å². The zero-order valence-electron chi connectivity index (χ0n) is 16.8. The average Bonchev–Trinajstić information content (AvgIpc) is 2.73. The molecule has 0 nitrogen and oxygen atoms in total. The number of allylic oxidation sites excluding steroid dienone is 1. The highest BCUT2D eigenvalue weighted by Crippen LogP contribution is 2.40. The summed E-state index contributed by atoms with van der Waals surface area (Å²) in [5.74, 6) is 4.97. The molecule has 2 saturated carbocycles. The van der Waals surface area contributed by atoms with Crippen LogP contribution in [0.5, 0.6) is 0 Å². The molecule has 0 amide bonds. The predicted octanol–water partition coefficient (Wildman–Crippen LogP) is 7.44. The SMILES string of the molecule is C#CC1(c2ccc(CCC3CCC(CCC=C)CC3)cc2)CCC(Cl)CC1. The quantitative estimate of drug-likeness (QED) is 0.261. The number of terminal acetylenes is 1. The smallest absolute Gasteiger partial charge is 0.0561 e. The Morgan fingerprint density at radius 3 is 2.15 bits per heavy atom. The van der Waals surface area contributed by atoms with Crippen LogP contribution in [-0.2, 0) is 11.8 Å². The third-order valence-electron chi connectivity index (χ3n) is 7.14. The first kappa shape index (κ1) is 20.5. The van der Waals surface area contributed by atoms with Gasteiger partial charge in [-0.25, -0.2) is 0 Å². The molecule has 1 heteroatoms. The number of halogens is 1. The van der Waals surface area contributed by atoms with Crippen LogP contribution in [0.4, 0.5) is 0 Å². The molecule has 0 bridgehead atoms. The molecule has 1 aromatic rings. The fourth-order valence-corrected chi connectivity index (χ4v) is 5.33. The minimum atomic E-state index is -0.0895. The van der Waals surface area contributed by atoms with Gasteiger partial charge in [0.25, 0.3) is 0 Å². The summed E-state index contributed by atoms with van der Waals surface area (Å²) in [6.45, 7) is 3.86. The minimum Gasteiger partial charge on any atom is -0.123 e. The molecule has 0 N–H and O–H groups in total. The van der Waals surface area contributed by atoms with Crippen LogP contribution in [0, 0.1) is 24.2 Å². The summed E-state index contributed by atoms with van der Waals surface area (Å²) in [6.07, 6.45) is 22.9. The van der Waals surface area contributed by atoms with E-state index in [1.807, 2.05) is 0 Å². The Bertz CT molecular complexity index is 619. The first-order valence-electron chi connectivity index (χ1n) is 11.0. The van der Waals surface area contributed by atoms with E-state index in [9.17, 15) is 0 Å². The summed E-state index contributed by atoms with van der Waals surface area (Å²) in [5.41, 5.74) is 2.69. The molecule has 0 heterocycles. The topological polar surface area (TPSA) is 0 Å². The molecule has 0 unspecified atom stereocenters. The maximum Gasteiger partial charge on any atom is 0.0561 e. The Morgan fingerprint density at radius 1 is 1.00 bits per heavy atom.